The first-order valence-electron chi connectivity index (χ1n) is 10.1. The van der Waals surface area contributed by atoms with Crippen molar-refractivity contribution in [1.82, 2.24) is 4.57 Å². The van der Waals surface area contributed by atoms with Gasteiger partial charge in [-0.15, -0.1) is 0 Å². The number of carboxylic acid groups (broad SMARTS) is 1. The van der Waals surface area contributed by atoms with Crippen LogP contribution in [0.1, 0.15) is 49.8 Å². The van der Waals surface area contributed by atoms with Crippen LogP contribution in [0.3, 0.4) is 0 Å². The van der Waals surface area contributed by atoms with E-state index in [1.807, 2.05) is 24.3 Å². The van der Waals surface area contributed by atoms with E-state index < -0.39 is 15.8 Å². The van der Waals surface area contributed by atoms with Crippen molar-refractivity contribution >= 4 is 50.1 Å². The van der Waals surface area contributed by atoms with E-state index in [4.69, 9.17) is 11.6 Å². The van der Waals surface area contributed by atoms with Crippen LogP contribution in [0.25, 0.3) is 10.9 Å². The molecule has 1 atom stereocenters. The van der Waals surface area contributed by atoms with E-state index in [-0.39, 0.29) is 18.3 Å². The molecule has 5 nitrogen and oxygen atoms in total. The molecular formula is C23H24ClNO4S2. The average molecular weight is 478 g/mol. The zero-order chi connectivity index (χ0) is 22.5. The minimum Gasteiger partial charge on any atom is -0.481 e. The quantitative estimate of drug-likeness (QED) is 0.475. The predicted molar refractivity (Wildman–Crippen MR) is 124 cm³/mol. The predicted octanol–water partition coefficient (Wildman–Crippen LogP) is 5.93. The Morgan fingerprint density at radius 1 is 1.26 bits per heavy atom. The number of aliphatic carboxylic acids is 1. The molecule has 0 fully saturated rings. The molecule has 164 valence electrons. The third kappa shape index (κ3) is 4.23. The summed E-state index contributed by atoms with van der Waals surface area (Å²) in [6.07, 6.45) is 2.01. The molecule has 0 spiro atoms. The van der Waals surface area contributed by atoms with Gasteiger partial charge in [0, 0.05) is 44.6 Å². The van der Waals surface area contributed by atoms with Gasteiger partial charge in [-0.3, -0.25) is 4.79 Å². The van der Waals surface area contributed by atoms with Crippen LogP contribution in [0.4, 0.5) is 0 Å². The molecule has 4 rings (SSSR count). The van der Waals surface area contributed by atoms with Gasteiger partial charge in [0.15, 0.2) is 9.84 Å². The Labute approximate surface area is 191 Å². The maximum absolute atomic E-state index is 12.4. The van der Waals surface area contributed by atoms with Gasteiger partial charge in [-0.25, -0.2) is 8.42 Å². The molecule has 2 aromatic carbocycles. The number of rotatable bonds is 6. The number of hydrogen-bond donors (Lipinski definition) is 1. The summed E-state index contributed by atoms with van der Waals surface area (Å²) in [7, 11) is -3.38. The largest absolute Gasteiger partial charge is 0.481 e. The lowest BCUT2D eigenvalue weighted by molar-refractivity contribution is -0.137. The second-order valence-electron chi connectivity index (χ2n) is 8.34. The van der Waals surface area contributed by atoms with E-state index in [1.54, 1.807) is 23.9 Å². The third-order valence-corrected chi connectivity index (χ3v) is 8.22. The summed E-state index contributed by atoms with van der Waals surface area (Å²) in [5.74, 6) is -0.830. The Morgan fingerprint density at radius 3 is 2.52 bits per heavy atom. The second-order valence-corrected chi connectivity index (χ2v) is 11.9. The first kappa shape index (κ1) is 22.2. The van der Waals surface area contributed by atoms with Crippen LogP contribution in [0.5, 0.6) is 0 Å². The summed E-state index contributed by atoms with van der Waals surface area (Å²) in [6.45, 7) is 4.78. The first-order chi connectivity index (χ1) is 14.6. The lowest BCUT2D eigenvalue weighted by Crippen LogP contribution is -2.04. The van der Waals surface area contributed by atoms with Crippen LogP contribution in [-0.2, 0) is 21.2 Å². The number of carbonyl (C=O) groups is 1. The highest BCUT2D eigenvalue weighted by Gasteiger charge is 2.33. The molecule has 0 saturated heterocycles. The third-order valence-electron chi connectivity index (χ3n) is 5.76. The van der Waals surface area contributed by atoms with Crippen LogP contribution in [-0.4, -0.2) is 30.3 Å². The second kappa shape index (κ2) is 8.19. The fourth-order valence-corrected chi connectivity index (χ4v) is 6.34. The van der Waals surface area contributed by atoms with Crippen molar-refractivity contribution in [3.8, 4) is 0 Å². The number of aromatic nitrogens is 1. The van der Waals surface area contributed by atoms with Crippen molar-refractivity contribution in [3.63, 3.8) is 0 Å². The first-order valence-corrected chi connectivity index (χ1v) is 13.2. The maximum atomic E-state index is 12.4. The Bertz CT molecular complexity index is 1280. The molecule has 31 heavy (non-hydrogen) atoms. The molecule has 1 N–H and O–H groups in total. The molecule has 3 aromatic rings. The van der Waals surface area contributed by atoms with Crippen LogP contribution >= 0.6 is 23.4 Å². The van der Waals surface area contributed by atoms with E-state index in [9.17, 15) is 18.3 Å². The normalized spacial score (nSPS) is 16.2. The van der Waals surface area contributed by atoms with Crippen molar-refractivity contribution in [2.45, 2.75) is 59.8 Å². The van der Waals surface area contributed by atoms with E-state index in [1.165, 1.54) is 6.26 Å². The molecule has 1 aromatic heterocycles. The average Bonchev–Trinajstić information content (AvgIpc) is 3.21. The number of halogens is 1. The van der Waals surface area contributed by atoms with Gasteiger partial charge in [-0.1, -0.05) is 37.2 Å². The molecule has 0 saturated carbocycles. The SMILES string of the molecule is CC(C)c1cc(S(C)(=O)=O)cc2c1c(Sc1ccc(Cl)cc1)c1n2CCC1CC(=O)O. The molecule has 0 aliphatic carbocycles. The molecule has 0 amide bonds. The Hall–Kier alpha value is -1.96. The maximum Gasteiger partial charge on any atom is 0.304 e. The number of carboxylic acids is 1. The summed E-state index contributed by atoms with van der Waals surface area (Å²) < 4.78 is 26.9. The highest BCUT2D eigenvalue weighted by Crippen LogP contribution is 2.49. The monoisotopic (exact) mass is 477 g/mol. The lowest BCUT2D eigenvalue weighted by Gasteiger charge is -2.14. The number of benzene rings is 2. The Kier molecular flexibility index (Phi) is 5.87. The molecule has 8 heteroatoms. The van der Waals surface area contributed by atoms with Gasteiger partial charge in [-0.2, -0.15) is 0 Å². The lowest BCUT2D eigenvalue weighted by atomic mass is 9.96. The summed E-state index contributed by atoms with van der Waals surface area (Å²) in [5.41, 5.74) is 2.82. The number of sulfone groups is 1. The minimum atomic E-state index is -3.38. The van der Waals surface area contributed by atoms with Crippen LogP contribution in [0.2, 0.25) is 5.02 Å². The summed E-state index contributed by atoms with van der Waals surface area (Å²) in [5, 5.41) is 11.1. The van der Waals surface area contributed by atoms with Crippen molar-refractivity contribution in [1.29, 1.82) is 0 Å². The number of nitrogens with zero attached hydrogens (tertiary/aromatic N) is 1. The Morgan fingerprint density at radius 2 is 1.94 bits per heavy atom. The van der Waals surface area contributed by atoms with Crippen molar-refractivity contribution < 1.29 is 18.3 Å². The van der Waals surface area contributed by atoms with Crippen LogP contribution < -0.4 is 0 Å². The van der Waals surface area contributed by atoms with Crippen LogP contribution in [0, 0.1) is 0 Å². The molecular weight excluding hydrogens is 454 g/mol. The zero-order valence-corrected chi connectivity index (χ0v) is 19.9. The zero-order valence-electron chi connectivity index (χ0n) is 17.6. The summed E-state index contributed by atoms with van der Waals surface area (Å²) in [6, 6.07) is 11.1. The van der Waals surface area contributed by atoms with Gasteiger partial charge in [0.2, 0.25) is 0 Å². The van der Waals surface area contributed by atoms with Crippen molar-refractivity contribution in [3.05, 3.63) is 52.7 Å². The number of aryl methyl sites for hydroxylation is 1. The minimum absolute atomic E-state index is 0.0560. The molecule has 1 aliphatic heterocycles. The van der Waals surface area contributed by atoms with Gasteiger partial charge in [0.1, 0.15) is 0 Å². The fourth-order valence-electron chi connectivity index (χ4n) is 4.33. The van der Waals surface area contributed by atoms with Crippen molar-refractivity contribution in [2.24, 2.45) is 0 Å². The summed E-state index contributed by atoms with van der Waals surface area (Å²) >= 11 is 7.65. The van der Waals surface area contributed by atoms with Gasteiger partial charge >= 0.3 is 5.97 Å². The van der Waals surface area contributed by atoms with E-state index in [0.29, 0.717) is 16.5 Å². The summed E-state index contributed by atoms with van der Waals surface area (Å²) in [4.78, 5) is 13.9. The topological polar surface area (TPSA) is 76.4 Å². The van der Waals surface area contributed by atoms with Gasteiger partial charge < -0.3 is 9.67 Å². The molecule has 0 bridgehead atoms. The van der Waals surface area contributed by atoms with Crippen LogP contribution in [0.15, 0.2) is 51.1 Å². The fraction of sp³-hybridized carbons (Fsp3) is 0.348. The highest BCUT2D eigenvalue weighted by molar-refractivity contribution is 7.99. The molecule has 2 heterocycles. The number of hydrogen-bond acceptors (Lipinski definition) is 4. The Balaban J connectivity index is 2.02. The van der Waals surface area contributed by atoms with E-state index in [2.05, 4.69) is 18.4 Å². The standard InChI is InChI=1S/C23H24ClNO4S2/c1-13(2)18-11-17(31(3,28)29)12-19-21(18)23(30-16-6-4-15(24)5-7-16)22-14(10-20(26)27)8-9-25(19)22/h4-7,11-14H,8-10H2,1-3H3,(H,26,27). The highest BCUT2D eigenvalue weighted by atomic mass is 35.5. The number of fused-ring (bicyclic) bond motifs is 3. The van der Waals surface area contributed by atoms with Gasteiger partial charge in [0.05, 0.1) is 16.8 Å². The van der Waals surface area contributed by atoms with E-state index >= 15 is 0 Å². The molecule has 0 radical (unpaired) electrons. The molecule has 1 unspecified atom stereocenters. The van der Waals surface area contributed by atoms with Crippen molar-refractivity contribution in [2.75, 3.05) is 6.26 Å². The molecule has 1 aliphatic rings. The van der Waals surface area contributed by atoms with Gasteiger partial charge in [-0.05, 0) is 54.3 Å². The smallest absolute Gasteiger partial charge is 0.304 e. The van der Waals surface area contributed by atoms with Gasteiger partial charge in [0.25, 0.3) is 0 Å². The van der Waals surface area contributed by atoms with E-state index in [0.717, 1.165) is 38.4 Å².